The molecule has 3 nitrogen and oxygen atoms in total. The van der Waals surface area contributed by atoms with E-state index in [0.29, 0.717) is 6.67 Å². The maximum atomic E-state index is 11.3. The fourth-order valence-corrected chi connectivity index (χ4v) is 1.22. The summed E-state index contributed by atoms with van der Waals surface area (Å²) in [5.74, 6) is 0. The number of rotatable bonds is 4. The fraction of sp³-hybridized carbons (Fsp3) is 0.500. The van der Waals surface area contributed by atoms with Gasteiger partial charge in [0.2, 0.25) is 0 Å². The summed E-state index contributed by atoms with van der Waals surface area (Å²) in [4.78, 5) is 13.5. The zero-order valence-corrected chi connectivity index (χ0v) is 8.23. The second-order valence-electron chi connectivity index (χ2n) is 2.95. The van der Waals surface area contributed by atoms with Crippen molar-refractivity contribution in [1.82, 2.24) is 9.47 Å². The van der Waals surface area contributed by atoms with Crippen LogP contribution in [0.3, 0.4) is 0 Å². The zero-order chi connectivity index (χ0) is 9.68. The van der Waals surface area contributed by atoms with Crippen molar-refractivity contribution < 1.29 is 0 Å². The Morgan fingerprint density at radius 2 is 2.00 bits per heavy atom. The maximum absolute atomic E-state index is 11.3. The quantitative estimate of drug-likeness (QED) is 0.694. The van der Waals surface area contributed by atoms with Crippen LogP contribution in [0, 0.1) is 0 Å². The van der Waals surface area contributed by atoms with Crippen LogP contribution in [0.25, 0.3) is 0 Å². The van der Waals surface area contributed by atoms with E-state index in [9.17, 15) is 4.79 Å². The number of hydrogen-bond donors (Lipinski definition) is 0. The lowest BCUT2D eigenvalue weighted by Crippen LogP contribution is -2.31. The molecule has 1 aromatic heterocycles. The van der Waals surface area contributed by atoms with Crippen LogP contribution in [0.1, 0.15) is 13.8 Å². The Kier molecular flexibility index (Phi) is 3.71. The van der Waals surface area contributed by atoms with Gasteiger partial charge in [-0.2, -0.15) is 0 Å². The van der Waals surface area contributed by atoms with Crippen molar-refractivity contribution in [2.24, 2.45) is 0 Å². The summed E-state index contributed by atoms with van der Waals surface area (Å²) in [6.45, 7) is 6.82. The summed E-state index contributed by atoms with van der Waals surface area (Å²) in [6, 6.07) is 5.23. The third kappa shape index (κ3) is 2.70. The largest absolute Gasteiger partial charge is 0.302 e. The second-order valence-corrected chi connectivity index (χ2v) is 2.95. The minimum absolute atomic E-state index is 0.0643. The monoisotopic (exact) mass is 180 g/mol. The van der Waals surface area contributed by atoms with Gasteiger partial charge < -0.3 is 4.57 Å². The Labute approximate surface area is 78.6 Å². The van der Waals surface area contributed by atoms with Crippen LogP contribution < -0.4 is 5.56 Å². The summed E-state index contributed by atoms with van der Waals surface area (Å²) in [5, 5.41) is 0. The lowest BCUT2D eigenvalue weighted by atomic mass is 10.5. The molecule has 0 aliphatic carbocycles. The zero-order valence-electron chi connectivity index (χ0n) is 8.23. The molecule has 0 N–H and O–H groups in total. The number of hydrogen-bond acceptors (Lipinski definition) is 2. The highest BCUT2D eigenvalue weighted by Gasteiger charge is 1.99. The molecule has 0 aliphatic heterocycles. The minimum atomic E-state index is 0.0643. The summed E-state index contributed by atoms with van der Waals surface area (Å²) in [5.41, 5.74) is 0.0643. The molecule has 0 aromatic carbocycles. The predicted octanol–water partition coefficient (Wildman–Crippen LogP) is 1.15. The van der Waals surface area contributed by atoms with Crippen LogP contribution in [0.5, 0.6) is 0 Å². The first-order valence-electron chi connectivity index (χ1n) is 4.65. The molecule has 1 heterocycles. The highest BCUT2D eigenvalue weighted by atomic mass is 16.1. The summed E-state index contributed by atoms with van der Waals surface area (Å²) >= 11 is 0. The first kappa shape index (κ1) is 9.99. The Morgan fingerprint density at radius 3 is 2.54 bits per heavy atom. The van der Waals surface area contributed by atoms with E-state index in [1.807, 2.05) is 12.3 Å². The van der Waals surface area contributed by atoms with E-state index in [-0.39, 0.29) is 5.56 Å². The molecule has 0 amide bonds. The molecule has 13 heavy (non-hydrogen) atoms. The van der Waals surface area contributed by atoms with E-state index in [1.165, 1.54) is 0 Å². The Balaban J connectivity index is 2.73. The molecule has 0 unspecified atom stereocenters. The van der Waals surface area contributed by atoms with Crippen LogP contribution in [-0.4, -0.2) is 22.6 Å². The second kappa shape index (κ2) is 4.82. The molecule has 0 atom stereocenters. The Bertz CT molecular complexity index is 302. The Morgan fingerprint density at radius 1 is 1.31 bits per heavy atom. The molecule has 1 aromatic rings. The molecule has 0 bridgehead atoms. The van der Waals surface area contributed by atoms with Crippen LogP contribution in [-0.2, 0) is 6.67 Å². The van der Waals surface area contributed by atoms with Gasteiger partial charge in [-0.05, 0) is 19.2 Å². The van der Waals surface area contributed by atoms with E-state index in [2.05, 4.69) is 18.7 Å². The maximum Gasteiger partial charge on any atom is 0.251 e. The molecule has 0 spiro atoms. The highest BCUT2D eigenvalue weighted by Crippen LogP contribution is 1.90. The number of nitrogens with zero attached hydrogens (tertiary/aromatic N) is 2. The molecule has 0 saturated heterocycles. The standard InChI is InChI=1S/C10H16N2O/c1-3-11(4-2)9-12-8-6-5-7-10(12)13/h5-8H,3-4,9H2,1-2H3. The van der Waals surface area contributed by atoms with Gasteiger partial charge in [0.1, 0.15) is 0 Å². The normalized spacial score (nSPS) is 10.7. The van der Waals surface area contributed by atoms with Gasteiger partial charge in [-0.25, -0.2) is 0 Å². The lowest BCUT2D eigenvalue weighted by Gasteiger charge is -2.18. The van der Waals surface area contributed by atoms with Crippen LogP contribution >= 0.6 is 0 Å². The molecule has 0 fully saturated rings. The topological polar surface area (TPSA) is 25.2 Å². The van der Waals surface area contributed by atoms with Crippen molar-refractivity contribution in [1.29, 1.82) is 0 Å². The minimum Gasteiger partial charge on any atom is -0.302 e. The Hall–Kier alpha value is -1.09. The molecule has 0 saturated carbocycles. The predicted molar refractivity (Wildman–Crippen MR) is 53.6 cm³/mol. The lowest BCUT2D eigenvalue weighted by molar-refractivity contribution is 0.238. The molecular formula is C10H16N2O. The van der Waals surface area contributed by atoms with Gasteiger partial charge in [-0.15, -0.1) is 0 Å². The van der Waals surface area contributed by atoms with Gasteiger partial charge in [0, 0.05) is 12.3 Å². The van der Waals surface area contributed by atoms with Crippen LogP contribution in [0.15, 0.2) is 29.2 Å². The van der Waals surface area contributed by atoms with E-state index in [1.54, 1.807) is 16.7 Å². The molecule has 1 rings (SSSR count). The van der Waals surface area contributed by atoms with Crippen molar-refractivity contribution >= 4 is 0 Å². The SMILES string of the molecule is CCN(CC)Cn1ccccc1=O. The molecule has 0 aliphatic rings. The first-order valence-corrected chi connectivity index (χ1v) is 4.65. The van der Waals surface area contributed by atoms with Gasteiger partial charge in [0.25, 0.3) is 5.56 Å². The van der Waals surface area contributed by atoms with E-state index < -0.39 is 0 Å². The van der Waals surface area contributed by atoms with Crippen LogP contribution in [0.4, 0.5) is 0 Å². The first-order chi connectivity index (χ1) is 6.27. The number of aromatic nitrogens is 1. The van der Waals surface area contributed by atoms with Crippen LogP contribution in [0.2, 0.25) is 0 Å². The van der Waals surface area contributed by atoms with E-state index >= 15 is 0 Å². The summed E-state index contributed by atoms with van der Waals surface area (Å²) < 4.78 is 1.72. The average molecular weight is 180 g/mol. The van der Waals surface area contributed by atoms with Gasteiger partial charge in [-0.3, -0.25) is 9.69 Å². The summed E-state index contributed by atoms with van der Waals surface area (Å²) in [6.07, 6.45) is 1.82. The fourth-order valence-electron chi connectivity index (χ4n) is 1.22. The van der Waals surface area contributed by atoms with Crippen molar-refractivity contribution in [2.45, 2.75) is 20.5 Å². The van der Waals surface area contributed by atoms with Gasteiger partial charge >= 0.3 is 0 Å². The molecule has 72 valence electrons. The molecule has 0 radical (unpaired) electrons. The molecule has 3 heteroatoms. The van der Waals surface area contributed by atoms with E-state index in [4.69, 9.17) is 0 Å². The van der Waals surface area contributed by atoms with E-state index in [0.717, 1.165) is 13.1 Å². The van der Waals surface area contributed by atoms with Gasteiger partial charge in [0.15, 0.2) is 0 Å². The summed E-state index contributed by atoms with van der Waals surface area (Å²) in [7, 11) is 0. The third-order valence-corrected chi connectivity index (χ3v) is 2.15. The van der Waals surface area contributed by atoms with Crippen molar-refractivity contribution in [3.05, 3.63) is 34.7 Å². The molecular weight excluding hydrogens is 164 g/mol. The van der Waals surface area contributed by atoms with Crippen molar-refractivity contribution in [3.63, 3.8) is 0 Å². The smallest absolute Gasteiger partial charge is 0.251 e. The number of pyridine rings is 1. The third-order valence-electron chi connectivity index (χ3n) is 2.15. The average Bonchev–Trinajstić information content (AvgIpc) is 2.17. The van der Waals surface area contributed by atoms with Gasteiger partial charge in [0.05, 0.1) is 6.67 Å². The van der Waals surface area contributed by atoms with Crippen molar-refractivity contribution in [2.75, 3.05) is 13.1 Å². The van der Waals surface area contributed by atoms with Crippen molar-refractivity contribution in [3.8, 4) is 0 Å². The van der Waals surface area contributed by atoms with Gasteiger partial charge in [-0.1, -0.05) is 19.9 Å². The highest BCUT2D eigenvalue weighted by molar-refractivity contribution is 4.92.